The molecule has 5 nitrogen and oxygen atoms in total. The molecule has 1 heterocycles. The second-order valence-corrected chi connectivity index (χ2v) is 5.67. The summed E-state index contributed by atoms with van der Waals surface area (Å²) in [7, 11) is 0. The molecule has 1 aromatic heterocycles. The second kappa shape index (κ2) is 7.57. The maximum Gasteiger partial charge on any atom is 0.274 e. The van der Waals surface area contributed by atoms with Crippen molar-refractivity contribution in [1.29, 1.82) is 0 Å². The monoisotopic (exact) mass is 332 g/mol. The van der Waals surface area contributed by atoms with Crippen molar-refractivity contribution in [3.05, 3.63) is 77.6 Å². The highest BCUT2D eigenvalue weighted by atomic mass is 16.1. The van der Waals surface area contributed by atoms with Gasteiger partial charge in [0, 0.05) is 17.6 Å². The van der Waals surface area contributed by atoms with Gasteiger partial charge in [0.2, 0.25) is 5.95 Å². The molecule has 0 saturated heterocycles. The Labute approximate surface area is 147 Å². The molecule has 0 aliphatic rings. The van der Waals surface area contributed by atoms with Crippen molar-refractivity contribution in [2.45, 2.75) is 20.3 Å². The SMILES string of the molecule is CCc1ccccc1NC(=O)c1ccnc(Nc2ccccc2C)n1. The molecule has 0 atom stereocenters. The molecule has 0 aliphatic carbocycles. The molecule has 3 aromatic rings. The van der Waals surface area contributed by atoms with Gasteiger partial charge in [0.25, 0.3) is 5.91 Å². The van der Waals surface area contributed by atoms with Crippen LogP contribution in [0.4, 0.5) is 17.3 Å². The zero-order valence-electron chi connectivity index (χ0n) is 14.3. The Morgan fingerprint density at radius 1 is 1.00 bits per heavy atom. The number of nitrogens with one attached hydrogen (secondary N) is 2. The van der Waals surface area contributed by atoms with E-state index in [4.69, 9.17) is 0 Å². The number of carbonyl (C=O) groups is 1. The lowest BCUT2D eigenvalue weighted by Gasteiger charge is -2.11. The number of para-hydroxylation sites is 2. The van der Waals surface area contributed by atoms with Gasteiger partial charge in [-0.1, -0.05) is 43.3 Å². The largest absolute Gasteiger partial charge is 0.324 e. The van der Waals surface area contributed by atoms with Gasteiger partial charge in [0.05, 0.1) is 0 Å². The van der Waals surface area contributed by atoms with Crippen molar-refractivity contribution in [3.63, 3.8) is 0 Å². The average molecular weight is 332 g/mol. The topological polar surface area (TPSA) is 66.9 Å². The number of amides is 1. The molecule has 0 aliphatic heterocycles. The van der Waals surface area contributed by atoms with E-state index in [9.17, 15) is 4.79 Å². The quantitative estimate of drug-likeness (QED) is 0.729. The molecule has 0 bridgehead atoms. The minimum absolute atomic E-state index is 0.254. The summed E-state index contributed by atoms with van der Waals surface area (Å²) in [6, 6.07) is 17.2. The zero-order valence-corrected chi connectivity index (χ0v) is 14.3. The summed E-state index contributed by atoms with van der Waals surface area (Å²) in [6.07, 6.45) is 2.43. The van der Waals surface area contributed by atoms with Gasteiger partial charge in [-0.05, 0) is 42.7 Å². The van der Waals surface area contributed by atoms with Crippen molar-refractivity contribution in [1.82, 2.24) is 9.97 Å². The number of rotatable bonds is 5. The number of carbonyl (C=O) groups excluding carboxylic acids is 1. The highest BCUT2D eigenvalue weighted by Gasteiger charge is 2.11. The van der Waals surface area contributed by atoms with Gasteiger partial charge in [-0.25, -0.2) is 9.97 Å². The molecule has 2 aromatic carbocycles. The molecule has 0 fully saturated rings. The van der Waals surface area contributed by atoms with E-state index in [1.165, 1.54) is 0 Å². The third kappa shape index (κ3) is 4.01. The molecular weight excluding hydrogens is 312 g/mol. The number of aromatic nitrogens is 2. The van der Waals surface area contributed by atoms with Crippen LogP contribution >= 0.6 is 0 Å². The molecular formula is C20H20N4O. The van der Waals surface area contributed by atoms with Crippen molar-refractivity contribution in [2.75, 3.05) is 10.6 Å². The van der Waals surface area contributed by atoms with E-state index in [-0.39, 0.29) is 5.91 Å². The van der Waals surface area contributed by atoms with Gasteiger partial charge < -0.3 is 10.6 Å². The molecule has 25 heavy (non-hydrogen) atoms. The molecule has 1 amide bonds. The van der Waals surface area contributed by atoms with Gasteiger partial charge in [0.1, 0.15) is 5.69 Å². The van der Waals surface area contributed by atoms with E-state index in [0.717, 1.165) is 28.9 Å². The predicted molar refractivity (Wildman–Crippen MR) is 100 cm³/mol. The molecule has 2 N–H and O–H groups in total. The molecule has 126 valence electrons. The number of benzene rings is 2. The van der Waals surface area contributed by atoms with E-state index in [2.05, 4.69) is 27.5 Å². The molecule has 0 saturated carbocycles. The Morgan fingerprint density at radius 3 is 2.48 bits per heavy atom. The number of nitrogens with zero attached hydrogens (tertiary/aromatic N) is 2. The van der Waals surface area contributed by atoms with Crippen molar-refractivity contribution < 1.29 is 4.79 Å². The molecule has 3 rings (SSSR count). The van der Waals surface area contributed by atoms with Crippen LogP contribution in [-0.4, -0.2) is 15.9 Å². The number of hydrogen-bond acceptors (Lipinski definition) is 4. The van der Waals surface area contributed by atoms with E-state index < -0.39 is 0 Å². The lowest BCUT2D eigenvalue weighted by atomic mass is 10.1. The van der Waals surface area contributed by atoms with Gasteiger partial charge in [-0.15, -0.1) is 0 Å². The second-order valence-electron chi connectivity index (χ2n) is 5.67. The summed E-state index contributed by atoms with van der Waals surface area (Å²) in [5.41, 5.74) is 4.20. The molecule has 0 unspecified atom stereocenters. The first-order chi connectivity index (χ1) is 12.2. The lowest BCUT2D eigenvalue weighted by Crippen LogP contribution is -2.15. The first-order valence-electron chi connectivity index (χ1n) is 8.22. The lowest BCUT2D eigenvalue weighted by molar-refractivity contribution is 0.102. The highest BCUT2D eigenvalue weighted by molar-refractivity contribution is 6.03. The average Bonchev–Trinajstić information content (AvgIpc) is 2.64. The van der Waals surface area contributed by atoms with Crippen molar-refractivity contribution in [2.24, 2.45) is 0 Å². The first-order valence-corrected chi connectivity index (χ1v) is 8.22. The standard InChI is InChI=1S/C20H20N4O/c1-3-15-9-5-7-11-17(15)22-19(25)18-12-13-21-20(24-18)23-16-10-6-4-8-14(16)2/h4-13H,3H2,1-2H3,(H,22,25)(H,21,23,24). The molecule has 0 radical (unpaired) electrons. The maximum absolute atomic E-state index is 12.5. The van der Waals surface area contributed by atoms with Crippen LogP contribution < -0.4 is 10.6 Å². The minimum Gasteiger partial charge on any atom is -0.324 e. The third-order valence-corrected chi connectivity index (χ3v) is 3.93. The van der Waals surface area contributed by atoms with Crippen molar-refractivity contribution >= 4 is 23.2 Å². The van der Waals surface area contributed by atoms with Crippen LogP contribution in [0, 0.1) is 6.92 Å². The Balaban J connectivity index is 1.79. The minimum atomic E-state index is -0.254. The molecule has 5 heteroatoms. The summed E-state index contributed by atoms with van der Waals surface area (Å²) in [4.78, 5) is 21.0. The number of aryl methyl sites for hydroxylation is 2. The van der Waals surface area contributed by atoms with Crippen LogP contribution in [-0.2, 0) is 6.42 Å². The maximum atomic E-state index is 12.5. The first kappa shape index (κ1) is 16.6. The summed E-state index contributed by atoms with van der Waals surface area (Å²) in [5, 5.41) is 6.07. The summed E-state index contributed by atoms with van der Waals surface area (Å²) in [5.74, 6) is 0.141. The Hall–Kier alpha value is -3.21. The Kier molecular flexibility index (Phi) is 5.04. The van der Waals surface area contributed by atoms with E-state index in [1.807, 2.05) is 55.5 Å². The third-order valence-electron chi connectivity index (χ3n) is 3.93. The highest BCUT2D eigenvalue weighted by Crippen LogP contribution is 2.19. The zero-order chi connectivity index (χ0) is 17.6. The Morgan fingerprint density at radius 2 is 1.72 bits per heavy atom. The van der Waals surface area contributed by atoms with Crippen LogP contribution in [0.15, 0.2) is 60.8 Å². The fourth-order valence-corrected chi connectivity index (χ4v) is 2.52. The number of anilines is 3. The van der Waals surface area contributed by atoms with Crippen LogP contribution in [0.5, 0.6) is 0 Å². The van der Waals surface area contributed by atoms with E-state index in [0.29, 0.717) is 11.6 Å². The fourth-order valence-electron chi connectivity index (χ4n) is 2.52. The van der Waals surface area contributed by atoms with Gasteiger partial charge in [0.15, 0.2) is 0 Å². The van der Waals surface area contributed by atoms with Crippen LogP contribution in [0.3, 0.4) is 0 Å². The van der Waals surface area contributed by atoms with Crippen LogP contribution in [0.2, 0.25) is 0 Å². The van der Waals surface area contributed by atoms with Gasteiger partial charge in [-0.2, -0.15) is 0 Å². The fraction of sp³-hybridized carbons (Fsp3) is 0.150. The van der Waals surface area contributed by atoms with Crippen LogP contribution in [0.1, 0.15) is 28.5 Å². The molecule has 0 spiro atoms. The van der Waals surface area contributed by atoms with Gasteiger partial charge >= 0.3 is 0 Å². The Bertz CT molecular complexity index is 892. The van der Waals surface area contributed by atoms with Crippen LogP contribution in [0.25, 0.3) is 0 Å². The normalized spacial score (nSPS) is 10.3. The summed E-state index contributed by atoms with van der Waals surface area (Å²) in [6.45, 7) is 4.06. The van der Waals surface area contributed by atoms with Crippen molar-refractivity contribution in [3.8, 4) is 0 Å². The smallest absolute Gasteiger partial charge is 0.274 e. The van der Waals surface area contributed by atoms with E-state index in [1.54, 1.807) is 12.3 Å². The predicted octanol–water partition coefficient (Wildman–Crippen LogP) is 4.34. The van der Waals surface area contributed by atoms with Gasteiger partial charge in [-0.3, -0.25) is 4.79 Å². The summed E-state index contributed by atoms with van der Waals surface area (Å²) >= 11 is 0. The van der Waals surface area contributed by atoms with E-state index >= 15 is 0 Å². The number of hydrogen-bond donors (Lipinski definition) is 2. The summed E-state index contributed by atoms with van der Waals surface area (Å²) < 4.78 is 0.